The van der Waals surface area contributed by atoms with Gasteiger partial charge in [0.05, 0.1) is 6.04 Å². The molecule has 1 atom stereocenters. The minimum Gasteiger partial charge on any atom is -0.345 e. The summed E-state index contributed by atoms with van der Waals surface area (Å²) in [6, 6.07) is 9.47. The van der Waals surface area contributed by atoms with Crippen molar-refractivity contribution in [2.75, 3.05) is 13.1 Å². The molecule has 7 heteroatoms. The zero-order valence-electron chi connectivity index (χ0n) is 16.2. The summed E-state index contributed by atoms with van der Waals surface area (Å²) in [7, 11) is 0. The standard InChI is InChI=1S/C21H26ClN3O2S/c1-14(2)23-21(27)25-10-7-16(8-11-25)20(26)24-19(17-9-12-28-13-17)15-3-5-18(22)6-4-15/h3-6,9,12-14,16,19H,7-8,10-11H2,1-2H3,(H,23,27)(H,24,26). The summed E-state index contributed by atoms with van der Waals surface area (Å²) in [4.78, 5) is 26.9. The molecule has 2 aromatic rings. The van der Waals surface area contributed by atoms with Crippen molar-refractivity contribution in [2.45, 2.75) is 38.8 Å². The SMILES string of the molecule is CC(C)NC(=O)N1CCC(C(=O)NC(c2ccc(Cl)cc2)c2ccsc2)CC1. The van der Waals surface area contributed by atoms with E-state index >= 15 is 0 Å². The predicted octanol–water partition coefficient (Wildman–Crippen LogP) is 4.44. The van der Waals surface area contributed by atoms with Crippen LogP contribution in [0.5, 0.6) is 0 Å². The first-order valence-electron chi connectivity index (χ1n) is 9.57. The lowest BCUT2D eigenvalue weighted by Crippen LogP contribution is -2.48. The normalized spacial score (nSPS) is 16.1. The van der Waals surface area contributed by atoms with Crippen LogP contribution in [0, 0.1) is 5.92 Å². The molecule has 150 valence electrons. The fraction of sp³-hybridized carbons (Fsp3) is 0.429. The second-order valence-corrected chi connectivity index (χ2v) is 8.63. The summed E-state index contributed by atoms with van der Waals surface area (Å²) in [5.74, 6) is -0.0494. The lowest BCUT2D eigenvalue weighted by Gasteiger charge is -2.32. The number of thiophene rings is 1. The van der Waals surface area contributed by atoms with Gasteiger partial charge in [-0.05, 0) is 66.8 Å². The number of urea groups is 1. The number of piperidine rings is 1. The number of benzene rings is 1. The summed E-state index contributed by atoms with van der Waals surface area (Å²) in [6.45, 7) is 5.08. The number of hydrogen-bond donors (Lipinski definition) is 2. The van der Waals surface area contributed by atoms with Crippen LogP contribution in [0.3, 0.4) is 0 Å². The van der Waals surface area contributed by atoms with Gasteiger partial charge in [-0.15, -0.1) is 0 Å². The predicted molar refractivity (Wildman–Crippen MR) is 114 cm³/mol. The number of amides is 3. The molecule has 1 aromatic heterocycles. The van der Waals surface area contributed by atoms with Crippen molar-refractivity contribution in [3.63, 3.8) is 0 Å². The van der Waals surface area contributed by atoms with E-state index in [1.54, 1.807) is 16.2 Å². The number of carbonyl (C=O) groups excluding carboxylic acids is 2. The summed E-state index contributed by atoms with van der Waals surface area (Å²) in [5.41, 5.74) is 2.07. The Morgan fingerprint density at radius 1 is 1.07 bits per heavy atom. The maximum Gasteiger partial charge on any atom is 0.317 e. The smallest absolute Gasteiger partial charge is 0.317 e. The van der Waals surface area contributed by atoms with E-state index in [-0.39, 0.29) is 29.9 Å². The Hall–Kier alpha value is -2.05. The van der Waals surface area contributed by atoms with Gasteiger partial charge in [-0.2, -0.15) is 11.3 Å². The topological polar surface area (TPSA) is 61.4 Å². The van der Waals surface area contributed by atoms with E-state index in [1.807, 2.05) is 49.6 Å². The molecule has 2 heterocycles. The molecular formula is C21H26ClN3O2S. The summed E-state index contributed by atoms with van der Waals surface area (Å²) in [6.07, 6.45) is 1.35. The van der Waals surface area contributed by atoms with Gasteiger partial charge in [-0.25, -0.2) is 4.79 Å². The Morgan fingerprint density at radius 2 is 1.75 bits per heavy atom. The molecule has 1 unspecified atom stereocenters. The number of nitrogens with zero attached hydrogens (tertiary/aromatic N) is 1. The lowest BCUT2D eigenvalue weighted by molar-refractivity contribution is -0.126. The highest BCUT2D eigenvalue weighted by molar-refractivity contribution is 7.08. The van der Waals surface area contributed by atoms with Gasteiger partial charge in [0.1, 0.15) is 0 Å². The lowest BCUT2D eigenvalue weighted by atomic mass is 9.94. The van der Waals surface area contributed by atoms with E-state index in [0.717, 1.165) is 11.1 Å². The van der Waals surface area contributed by atoms with Crippen LogP contribution in [0.2, 0.25) is 5.02 Å². The second kappa shape index (κ2) is 9.43. The number of rotatable bonds is 5. The number of likely N-dealkylation sites (tertiary alicyclic amines) is 1. The third-order valence-electron chi connectivity index (χ3n) is 4.93. The van der Waals surface area contributed by atoms with Gasteiger partial charge in [0.25, 0.3) is 0 Å². The summed E-state index contributed by atoms with van der Waals surface area (Å²) in [5, 5.41) is 10.9. The molecular weight excluding hydrogens is 394 g/mol. The zero-order valence-corrected chi connectivity index (χ0v) is 17.7. The highest BCUT2D eigenvalue weighted by Gasteiger charge is 2.29. The molecule has 0 aliphatic carbocycles. The van der Waals surface area contributed by atoms with Crippen LogP contribution in [0.1, 0.15) is 43.9 Å². The second-order valence-electron chi connectivity index (χ2n) is 7.42. The Kier molecular flexibility index (Phi) is 6.97. The molecule has 3 rings (SSSR count). The molecule has 0 bridgehead atoms. The third kappa shape index (κ3) is 5.26. The Morgan fingerprint density at radius 3 is 2.32 bits per heavy atom. The number of carbonyl (C=O) groups is 2. The van der Waals surface area contributed by atoms with Crippen molar-refractivity contribution in [3.8, 4) is 0 Å². The molecule has 1 aromatic carbocycles. The van der Waals surface area contributed by atoms with Crippen molar-refractivity contribution >= 4 is 34.9 Å². The summed E-state index contributed by atoms with van der Waals surface area (Å²) >= 11 is 7.62. The van der Waals surface area contributed by atoms with Crippen LogP contribution < -0.4 is 10.6 Å². The molecule has 1 fully saturated rings. The van der Waals surface area contributed by atoms with Crippen LogP contribution in [0.15, 0.2) is 41.1 Å². The third-order valence-corrected chi connectivity index (χ3v) is 5.89. The summed E-state index contributed by atoms with van der Waals surface area (Å²) < 4.78 is 0. The Balaban J connectivity index is 1.63. The van der Waals surface area contributed by atoms with Crippen LogP contribution in [0.4, 0.5) is 4.79 Å². The molecule has 0 saturated carbocycles. The van der Waals surface area contributed by atoms with Crippen molar-refractivity contribution in [2.24, 2.45) is 5.92 Å². The molecule has 28 heavy (non-hydrogen) atoms. The van der Waals surface area contributed by atoms with Gasteiger partial charge < -0.3 is 15.5 Å². The first kappa shape index (κ1) is 20.7. The van der Waals surface area contributed by atoms with Gasteiger partial charge >= 0.3 is 6.03 Å². The number of halogens is 1. The molecule has 5 nitrogen and oxygen atoms in total. The molecule has 1 saturated heterocycles. The van der Waals surface area contributed by atoms with E-state index in [0.29, 0.717) is 31.0 Å². The van der Waals surface area contributed by atoms with Crippen LogP contribution in [-0.2, 0) is 4.79 Å². The van der Waals surface area contributed by atoms with Crippen molar-refractivity contribution in [1.82, 2.24) is 15.5 Å². The minimum absolute atomic E-state index is 0.0371. The Labute approximate surface area is 175 Å². The van der Waals surface area contributed by atoms with Crippen LogP contribution in [0.25, 0.3) is 0 Å². The molecule has 2 N–H and O–H groups in total. The maximum absolute atomic E-state index is 12.9. The number of hydrogen-bond acceptors (Lipinski definition) is 3. The monoisotopic (exact) mass is 419 g/mol. The van der Waals surface area contributed by atoms with Crippen LogP contribution >= 0.6 is 22.9 Å². The van der Waals surface area contributed by atoms with E-state index in [2.05, 4.69) is 16.0 Å². The van der Waals surface area contributed by atoms with Crippen LogP contribution in [-0.4, -0.2) is 36.0 Å². The fourth-order valence-corrected chi connectivity index (χ4v) is 4.21. The Bertz CT molecular complexity index is 784. The van der Waals surface area contributed by atoms with E-state index in [9.17, 15) is 9.59 Å². The minimum atomic E-state index is -0.196. The first-order chi connectivity index (χ1) is 13.4. The molecule has 1 aliphatic rings. The maximum atomic E-state index is 12.9. The average Bonchev–Trinajstić information content (AvgIpc) is 3.21. The van der Waals surface area contributed by atoms with E-state index in [4.69, 9.17) is 11.6 Å². The van der Waals surface area contributed by atoms with Crippen molar-refractivity contribution < 1.29 is 9.59 Å². The largest absolute Gasteiger partial charge is 0.345 e. The van der Waals surface area contributed by atoms with Gasteiger partial charge in [0.15, 0.2) is 0 Å². The van der Waals surface area contributed by atoms with Gasteiger partial charge in [0.2, 0.25) is 5.91 Å². The highest BCUT2D eigenvalue weighted by Crippen LogP contribution is 2.27. The molecule has 0 radical (unpaired) electrons. The zero-order chi connectivity index (χ0) is 20.1. The van der Waals surface area contributed by atoms with Gasteiger partial charge in [-0.3, -0.25) is 4.79 Å². The molecule has 3 amide bonds. The van der Waals surface area contributed by atoms with E-state index < -0.39 is 0 Å². The fourth-order valence-electron chi connectivity index (χ4n) is 3.40. The van der Waals surface area contributed by atoms with E-state index in [1.165, 1.54) is 0 Å². The average molecular weight is 420 g/mol. The highest BCUT2D eigenvalue weighted by atomic mass is 35.5. The van der Waals surface area contributed by atoms with Gasteiger partial charge in [-0.1, -0.05) is 23.7 Å². The quantitative estimate of drug-likeness (QED) is 0.752. The first-order valence-corrected chi connectivity index (χ1v) is 10.9. The molecule has 1 aliphatic heterocycles. The van der Waals surface area contributed by atoms with Gasteiger partial charge in [0, 0.05) is 30.1 Å². The molecule has 0 spiro atoms. The van der Waals surface area contributed by atoms with Crippen molar-refractivity contribution in [1.29, 1.82) is 0 Å². The van der Waals surface area contributed by atoms with Crippen molar-refractivity contribution in [3.05, 3.63) is 57.2 Å². The number of nitrogens with one attached hydrogen (secondary N) is 2.